The third kappa shape index (κ3) is 2.36. The Labute approximate surface area is 105 Å². The maximum absolute atomic E-state index is 2.27. The van der Waals surface area contributed by atoms with E-state index >= 15 is 0 Å². The average Bonchev–Trinajstić information content (AvgIpc) is 2.54. The van der Waals surface area contributed by atoms with Gasteiger partial charge in [-0.15, -0.1) is 0 Å². The summed E-state index contributed by atoms with van der Waals surface area (Å²) in [7, 11) is 0. The monoisotopic (exact) mass is 226 g/mol. The molecule has 0 N–H and O–H groups in total. The molecule has 0 unspecified atom stereocenters. The molecule has 0 heterocycles. The number of hydrogen-bond acceptors (Lipinski definition) is 0. The summed E-state index contributed by atoms with van der Waals surface area (Å²) >= 11 is 0. The molecular weight excluding hydrogens is 204 g/mol. The van der Waals surface area contributed by atoms with Gasteiger partial charge >= 0.3 is 0 Å². The van der Waals surface area contributed by atoms with Gasteiger partial charge in [0.15, 0.2) is 0 Å². The molecule has 0 nitrogen and oxygen atoms in total. The summed E-state index contributed by atoms with van der Waals surface area (Å²) in [6, 6.07) is 10.9. The third-order valence-corrected chi connectivity index (χ3v) is 3.78. The first-order valence-corrected chi connectivity index (χ1v) is 6.72. The Bertz CT molecular complexity index is 431. The van der Waals surface area contributed by atoms with Crippen LogP contribution in [0.5, 0.6) is 0 Å². The zero-order valence-electron chi connectivity index (χ0n) is 11.2. The molecule has 0 amide bonds. The fourth-order valence-corrected chi connectivity index (χ4v) is 2.73. The van der Waals surface area contributed by atoms with Gasteiger partial charge in [0.25, 0.3) is 0 Å². The summed E-state index contributed by atoms with van der Waals surface area (Å²) < 4.78 is 0. The van der Waals surface area contributed by atoms with Gasteiger partial charge in [-0.25, -0.2) is 0 Å². The normalized spacial score (nSPS) is 11.0. The van der Waals surface area contributed by atoms with Gasteiger partial charge in [0, 0.05) is 0 Å². The van der Waals surface area contributed by atoms with Crippen molar-refractivity contribution in [3.05, 3.63) is 47.0 Å². The Hall–Kier alpha value is -1.30. The quantitative estimate of drug-likeness (QED) is 0.633. The van der Waals surface area contributed by atoms with E-state index in [4.69, 9.17) is 0 Å². The molecule has 0 saturated carbocycles. The van der Waals surface area contributed by atoms with Crippen molar-refractivity contribution in [2.45, 2.75) is 46.5 Å². The first-order valence-electron chi connectivity index (χ1n) is 6.72. The molecule has 0 atom stereocenters. The Morgan fingerprint density at radius 2 is 1.41 bits per heavy atom. The van der Waals surface area contributed by atoms with Gasteiger partial charge in [-0.2, -0.15) is 0 Å². The second-order valence-electron chi connectivity index (χ2n) is 4.92. The molecular formula is C17H22. The van der Waals surface area contributed by atoms with E-state index in [-0.39, 0.29) is 0 Å². The molecule has 0 bridgehead atoms. The maximum Gasteiger partial charge on any atom is -0.0149 e. The van der Waals surface area contributed by atoms with E-state index in [1.54, 1.807) is 5.56 Å². The molecule has 0 aromatic heterocycles. The number of hydrogen-bond donors (Lipinski definition) is 0. The predicted molar refractivity (Wildman–Crippen MR) is 75.8 cm³/mol. The highest BCUT2D eigenvalue weighted by molar-refractivity contribution is 5.77. The van der Waals surface area contributed by atoms with Crippen LogP contribution >= 0.6 is 0 Å². The fourth-order valence-electron chi connectivity index (χ4n) is 2.73. The second-order valence-corrected chi connectivity index (χ2v) is 4.92. The summed E-state index contributed by atoms with van der Waals surface area (Å²) in [6.07, 6.45) is 5.20. The van der Waals surface area contributed by atoms with Crippen LogP contribution in [0.15, 0.2) is 30.3 Å². The van der Waals surface area contributed by atoms with E-state index in [2.05, 4.69) is 51.1 Å². The smallest absolute Gasteiger partial charge is 0.0149 e. The summed E-state index contributed by atoms with van der Waals surface area (Å²) in [5.41, 5.74) is 7.42. The standard InChI is InChI=1S/C17H22/c1-4-5-7-10-15-13(2)16-11-8-6-9-12-17(16)14(15)3/h6,8-9,11-12H,4-5,7,10H2,1-3H3. The topological polar surface area (TPSA) is 0 Å². The minimum Gasteiger partial charge on any atom is -0.0654 e. The van der Waals surface area contributed by atoms with E-state index in [0.717, 1.165) is 0 Å². The van der Waals surface area contributed by atoms with E-state index in [9.17, 15) is 0 Å². The molecule has 0 aromatic rings. The zero-order valence-corrected chi connectivity index (χ0v) is 11.2. The highest BCUT2D eigenvalue weighted by Gasteiger charge is 2.15. The average molecular weight is 226 g/mol. The maximum atomic E-state index is 2.27. The molecule has 2 aliphatic carbocycles. The number of unbranched alkanes of at least 4 members (excludes halogenated alkanes) is 2. The Morgan fingerprint density at radius 1 is 0.824 bits per heavy atom. The van der Waals surface area contributed by atoms with Crippen molar-refractivity contribution in [3.8, 4) is 11.1 Å². The van der Waals surface area contributed by atoms with Crippen LogP contribution < -0.4 is 0 Å². The lowest BCUT2D eigenvalue weighted by molar-refractivity contribution is 0.715. The van der Waals surface area contributed by atoms with Gasteiger partial charge in [-0.3, -0.25) is 0 Å². The van der Waals surface area contributed by atoms with Crippen LogP contribution in [0.2, 0.25) is 0 Å². The predicted octanol–water partition coefficient (Wildman–Crippen LogP) is 5.14. The van der Waals surface area contributed by atoms with E-state index in [1.165, 1.54) is 47.9 Å². The SMILES string of the molecule is CCCCCc1c(C)c2cccccc-2c1C. The van der Waals surface area contributed by atoms with Crippen molar-refractivity contribution in [2.24, 2.45) is 0 Å². The number of rotatable bonds is 4. The van der Waals surface area contributed by atoms with E-state index in [1.807, 2.05) is 0 Å². The molecule has 2 aliphatic rings. The summed E-state index contributed by atoms with van der Waals surface area (Å²) in [5, 5.41) is 0. The van der Waals surface area contributed by atoms with Crippen molar-refractivity contribution in [1.29, 1.82) is 0 Å². The molecule has 0 fully saturated rings. The lowest BCUT2D eigenvalue weighted by Gasteiger charge is -2.02. The van der Waals surface area contributed by atoms with Crippen molar-refractivity contribution >= 4 is 0 Å². The first-order chi connectivity index (χ1) is 8.25. The second kappa shape index (κ2) is 5.35. The van der Waals surface area contributed by atoms with Gasteiger partial charge in [0.1, 0.15) is 0 Å². The van der Waals surface area contributed by atoms with Crippen molar-refractivity contribution in [3.63, 3.8) is 0 Å². The molecule has 0 radical (unpaired) electrons. The molecule has 0 saturated heterocycles. The van der Waals surface area contributed by atoms with Crippen LogP contribution in [0.25, 0.3) is 11.1 Å². The first kappa shape index (κ1) is 12.2. The van der Waals surface area contributed by atoms with Crippen LogP contribution in [-0.2, 0) is 6.42 Å². The minimum atomic E-state index is 1.24. The fraction of sp³-hybridized carbons (Fsp3) is 0.412. The molecule has 0 heteroatoms. The number of fused-ring (bicyclic) bond motifs is 1. The van der Waals surface area contributed by atoms with E-state index in [0.29, 0.717) is 0 Å². The highest BCUT2D eigenvalue weighted by Crippen LogP contribution is 2.35. The molecule has 17 heavy (non-hydrogen) atoms. The Balaban J connectivity index is 2.39. The van der Waals surface area contributed by atoms with Crippen molar-refractivity contribution in [1.82, 2.24) is 0 Å². The van der Waals surface area contributed by atoms with Crippen molar-refractivity contribution < 1.29 is 0 Å². The Morgan fingerprint density at radius 3 is 1.94 bits per heavy atom. The highest BCUT2D eigenvalue weighted by atomic mass is 14.2. The van der Waals surface area contributed by atoms with E-state index < -0.39 is 0 Å². The van der Waals surface area contributed by atoms with Crippen LogP contribution in [0.4, 0.5) is 0 Å². The van der Waals surface area contributed by atoms with Crippen molar-refractivity contribution in [2.75, 3.05) is 0 Å². The van der Waals surface area contributed by atoms with Gasteiger partial charge in [0.2, 0.25) is 0 Å². The van der Waals surface area contributed by atoms with Crippen LogP contribution in [-0.4, -0.2) is 0 Å². The van der Waals surface area contributed by atoms with Gasteiger partial charge in [-0.05, 0) is 54.5 Å². The minimum absolute atomic E-state index is 1.24. The molecule has 0 aliphatic heterocycles. The van der Waals surface area contributed by atoms with Gasteiger partial charge in [-0.1, -0.05) is 50.1 Å². The summed E-state index contributed by atoms with van der Waals surface area (Å²) in [4.78, 5) is 0. The molecule has 0 aromatic carbocycles. The third-order valence-electron chi connectivity index (χ3n) is 3.78. The van der Waals surface area contributed by atoms with Crippen LogP contribution in [0.3, 0.4) is 0 Å². The molecule has 90 valence electrons. The van der Waals surface area contributed by atoms with Crippen LogP contribution in [0, 0.1) is 13.8 Å². The van der Waals surface area contributed by atoms with Gasteiger partial charge < -0.3 is 0 Å². The van der Waals surface area contributed by atoms with Crippen LogP contribution in [0.1, 0.15) is 42.9 Å². The molecule has 0 spiro atoms. The Kier molecular flexibility index (Phi) is 3.83. The zero-order chi connectivity index (χ0) is 12.3. The lowest BCUT2D eigenvalue weighted by atomic mass is 10.0. The lowest BCUT2D eigenvalue weighted by Crippen LogP contribution is -1.88. The summed E-state index contributed by atoms with van der Waals surface area (Å²) in [6.45, 7) is 6.81. The molecule has 2 rings (SSSR count). The van der Waals surface area contributed by atoms with Gasteiger partial charge in [0.05, 0.1) is 0 Å². The largest absolute Gasteiger partial charge is 0.0654 e. The summed E-state index contributed by atoms with van der Waals surface area (Å²) in [5.74, 6) is 0.